The van der Waals surface area contributed by atoms with Gasteiger partial charge in [0.05, 0.1) is 23.8 Å². The van der Waals surface area contributed by atoms with Gasteiger partial charge in [-0.05, 0) is 18.4 Å². The van der Waals surface area contributed by atoms with Gasteiger partial charge in [0.1, 0.15) is 4.83 Å². The monoisotopic (exact) mass is 454 g/mol. The van der Waals surface area contributed by atoms with Crippen LogP contribution in [0.3, 0.4) is 0 Å². The van der Waals surface area contributed by atoms with E-state index in [1.165, 1.54) is 33.6 Å². The Balaban J connectivity index is 1.26. The first kappa shape index (κ1) is 20.9. The topological polar surface area (TPSA) is 103 Å². The maximum Gasteiger partial charge on any atom is 0.308 e. The standard InChI is InChI=1S/C21H18N4O4S2/c1-13-2-4-14(5-3-13)16-11-31-21(23-16)24-17(26)10-29-18(27)6-8-25-12-22-19-15(20(25)28)7-9-30-19/h2-5,7,9,11-12H,6,8,10H2,1H3,(H,23,24,26). The Labute approximate surface area is 185 Å². The first-order valence-electron chi connectivity index (χ1n) is 9.40. The van der Waals surface area contributed by atoms with E-state index in [2.05, 4.69) is 15.3 Å². The van der Waals surface area contributed by atoms with Crippen LogP contribution in [0.25, 0.3) is 21.5 Å². The minimum atomic E-state index is -0.577. The van der Waals surface area contributed by atoms with Crippen molar-refractivity contribution in [2.75, 3.05) is 11.9 Å². The van der Waals surface area contributed by atoms with Crippen LogP contribution in [0.15, 0.2) is 52.2 Å². The number of carbonyl (C=O) groups excluding carboxylic acids is 2. The first-order valence-corrected chi connectivity index (χ1v) is 11.2. The van der Waals surface area contributed by atoms with E-state index >= 15 is 0 Å². The number of amides is 1. The lowest BCUT2D eigenvalue weighted by Gasteiger charge is -2.06. The summed E-state index contributed by atoms with van der Waals surface area (Å²) in [6, 6.07) is 9.63. The first-order chi connectivity index (χ1) is 15.0. The Kier molecular flexibility index (Phi) is 6.19. The minimum absolute atomic E-state index is 0.0423. The Bertz CT molecular complexity index is 1290. The molecule has 0 bridgehead atoms. The molecule has 3 heterocycles. The summed E-state index contributed by atoms with van der Waals surface area (Å²) in [7, 11) is 0. The SMILES string of the molecule is Cc1ccc(-c2csc(NC(=O)COC(=O)CCn3cnc4sccc4c3=O)n2)cc1. The number of benzene rings is 1. The summed E-state index contributed by atoms with van der Waals surface area (Å²) in [5.41, 5.74) is 2.67. The number of aromatic nitrogens is 3. The second-order valence-electron chi connectivity index (χ2n) is 6.75. The summed E-state index contributed by atoms with van der Waals surface area (Å²) in [4.78, 5) is 45.6. The van der Waals surface area contributed by atoms with Gasteiger partial charge in [-0.2, -0.15) is 0 Å². The summed E-state index contributed by atoms with van der Waals surface area (Å²) in [5.74, 6) is -1.05. The number of nitrogens with one attached hydrogen (secondary N) is 1. The van der Waals surface area contributed by atoms with Crippen LogP contribution in [-0.2, 0) is 20.9 Å². The number of aryl methyl sites for hydroxylation is 2. The van der Waals surface area contributed by atoms with E-state index in [1.807, 2.05) is 36.6 Å². The Hall–Kier alpha value is -3.37. The van der Waals surface area contributed by atoms with Gasteiger partial charge in [0.25, 0.3) is 11.5 Å². The van der Waals surface area contributed by atoms with Crippen LogP contribution in [0.4, 0.5) is 5.13 Å². The summed E-state index contributed by atoms with van der Waals surface area (Å²) < 4.78 is 6.37. The van der Waals surface area contributed by atoms with Crippen LogP contribution < -0.4 is 10.9 Å². The zero-order valence-corrected chi connectivity index (χ0v) is 18.2. The molecule has 8 nitrogen and oxygen atoms in total. The number of ether oxygens (including phenoxy) is 1. The molecule has 31 heavy (non-hydrogen) atoms. The number of thiophene rings is 1. The van der Waals surface area contributed by atoms with Crippen molar-refractivity contribution in [3.8, 4) is 11.3 Å². The van der Waals surface area contributed by atoms with Crippen LogP contribution >= 0.6 is 22.7 Å². The number of rotatable bonds is 7. The van der Waals surface area contributed by atoms with Gasteiger partial charge in [0, 0.05) is 17.5 Å². The molecule has 3 aromatic heterocycles. The van der Waals surface area contributed by atoms with Crippen molar-refractivity contribution in [2.45, 2.75) is 19.9 Å². The van der Waals surface area contributed by atoms with Crippen LogP contribution in [0.2, 0.25) is 0 Å². The Morgan fingerprint density at radius 2 is 1.97 bits per heavy atom. The molecule has 1 aromatic carbocycles. The molecular formula is C21H18N4O4S2. The lowest BCUT2D eigenvalue weighted by atomic mass is 10.1. The second kappa shape index (κ2) is 9.19. The van der Waals surface area contributed by atoms with E-state index in [4.69, 9.17) is 4.74 Å². The van der Waals surface area contributed by atoms with Gasteiger partial charge in [0.2, 0.25) is 0 Å². The van der Waals surface area contributed by atoms with Gasteiger partial charge < -0.3 is 4.74 Å². The highest BCUT2D eigenvalue weighted by atomic mass is 32.1. The van der Waals surface area contributed by atoms with Crippen LogP contribution in [0, 0.1) is 6.92 Å². The summed E-state index contributed by atoms with van der Waals surface area (Å²) >= 11 is 2.68. The van der Waals surface area contributed by atoms with E-state index in [0.717, 1.165) is 16.8 Å². The molecule has 0 saturated carbocycles. The summed E-state index contributed by atoms with van der Waals surface area (Å²) in [6.07, 6.45) is 1.37. The Morgan fingerprint density at radius 3 is 2.77 bits per heavy atom. The van der Waals surface area contributed by atoms with Gasteiger partial charge >= 0.3 is 5.97 Å². The summed E-state index contributed by atoms with van der Waals surface area (Å²) in [6.45, 7) is 1.72. The molecule has 158 valence electrons. The highest BCUT2D eigenvalue weighted by Crippen LogP contribution is 2.25. The largest absolute Gasteiger partial charge is 0.456 e. The third kappa shape index (κ3) is 5.04. The number of thiazole rings is 1. The maximum absolute atomic E-state index is 12.3. The molecule has 0 radical (unpaired) electrons. The van der Waals surface area contributed by atoms with Crippen molar-refractivity contribution in [2.24, 2.45) is 0 Å². The molecule has 0 spiro atoms. The fraction of sp³-hybridized carbons (Fsp3) is 0.190. The predicted octanol–water partition coefficient (Wildman–Crippen LogP) is 3.46. The molecule has 4 rings (SSSR count). The molecule has 10 heteroatoms. The normalized spacial score (nSPS) is 10.9. The fourth-order valence-electron chi connectivity index (χ4n) is 2.83. The fourth-order valence-corrected chi connectivity index (χ4v) is 4.29. The molecule has 0 aliphatic carbocycles. The molecule has 0 aliphatic heterocycles. The second-order valence-corrected chi connectivity index (χ2v) is 8.50. The maximum atomic E-state index is 12.3. The number of nitrogens with zero attached hydrogens (tertiary/aromatic N) is 3. The number of esters is 1. The van der Waals surface area contributed by atoms with E-state index < -0.39 is 18.5 Å². The zero-order valence-electron chi connectivity index (χ0n) is 16.5. The molecule has 1 N–H and O–H groups in total. The van der Waals surface area contributed by atoms with Gasteiger partial charge in [-0.1, -0.05) is 29.8 Å². The molecule has 4 aromatic rings. The molecule has 0 atom stereocenters. The number of fused-ring (bicyclic) bond motifs is 1. The van der Waals surface area contributed by atoms with E-state index in [0.29, 0.717) is 15.3 Å². The lowest BCUT2D eigenvalue weighted by molar-refractivity contribution is -0.147. The Morgan fingerprint density at radius 1 is 1.16 bits per heavy atom. The third-order valence-electron chi connectivity index (χ3n) is 4.47. The van der Waals surface area contributed by atoms with Crippen LogP contribution in [-0.4, -0.2) is 33.0 Å². The highest BCUT2D eigenvalue weighted by molar-refractivity contribution is 7.16. The zero-order chi connectivity index (χ0) is 21.8. The number of hydrogen-bond donors (Lipinski definition) is 1. The molecule has 0 saturated heterocycles. The number of carbonyl (C=O) groups is 2. The molecular weight excluding hydrogens is 436 g/mol. The third-order valence-corrected chi connectivity index (χ3v) is 6.05. The van der Waals surface area contributed by atoms with E-state index in [9.17, 15) is 14.4 Å². The van der Waals surface area contributed by atoms with Crippen molar-refractivity contribution in [1.29, 1.82) is 0 Å². The van der Waals surface area contributed by atoms with E-state index in [-0.39, 0.29) is 18.5 Å². The number of anilines is 1. The quantitative estimate of drug-likeness (QED) is 0.429. The molecule has 1 amide bonds. The average Bonchev–Trinajstić information content (AvgIpc) is 3.42. The van der Waals surface area contributed by atoms with Crippen molar-refractivity contribution in [3.05, 3.63) is 63.3 Å². The molecule has 0 fully saturated rings. The lowest BCUT2D eigenvalue weighted by Crippen LogP contribution is -2.24. The molecule has 0 unspecified atom stereocenters. The summed E-state index contributed by atoms with van der Waals surface area (Å²) in [5, 5.41) is 7.22. The van der Waals surface area contributed by atoms with Crippen molar-refractivity contribution >= 4 is 49.9 Å². The smallest absolute Gasteiger partial charge is 0.308 e. The van der Waals surface area contributed by atoms with Gasteiger partial charge in [-0.3, -0.25) is 24.3 Å². The van der Waals surface area contributed by atoms with Gasteiger partial charge in [0.15, 0.2) is 11.7 Å². The number of hydrogen-bond acceptors (Lipinski definition) is 8. The average molecular weight is 455 g/mol. The highest BCUT2D eigenvalue weighted by Gasteiger charge is 2.12. The van der Waals surface area contributed by atoms with E-state index in [1.54, 1.807) is 11.4 Å². The van der Waals surface area contributed by atoms with Gasteiger partial charge in [-0.15, -0.1) is 22.7 Å². The van der Waals surface area contributed by atoms with Crippen LogP contribution in [0.1, 0.15) is 12.0 Å². The molecule has 0 aliphatic rings. The minimum Gasteiger partial charge on any atom is -0.456 e. The van der Waals surface area contributed by atoms with Crippen molar-refractivity contribution in [1.82, 2.24) is 14.5 Å². The predicted molar refractivity (Wildman–Crippen MR) is 120 cm³/mol. The van der Waals surface area contributed by atoms with Crippen molar-refractivity contribution < 1.29 is 14.3 Å². The van der Waals surface area contributed by atoms with Gasteiger partial charge in [-0.25, -0.2) is 9.97 Å². The van der Waals surface area contributed by atoms with Crippen molar-refractivity contribution in [3.63, 3.8) is 0 Å². The van der Waals surface area contributed by atoms with Crippen LogP contribution in [0.5, 0.6) is 0 Å².